The van der Waals surface area contributed by atoms with E-state index in [2.05, 4.69) is 4.98 Å². The van der Waals surface area contributed by atoms with Crippen molar-refractivity contribution in [3.8, 4) is 0 Å². The highest BCUT2D eigenvalue weighted by Gasteiger charge is 2.28. The fourth-order valence-corrected chi connectivity index (χ4v) is 0.828. The first-order chi connectivity index (χ1) is 5.47. The van der Waals surface area contributed by atoms with Gasteiger partial charge in [0, 0.05) is 11.9 Å². The molecular formula is C7H5ClF3N. The molecule has 0 radical (unpaired) electrons. The Morgan fingerprint density at radius 3 is 2.42 bits per heavy atom. The molecule has 0 aliphatic rings. The number of rotatable bonds is 1. The van der Waals surface area contributed by atoms with Crippen molar-refractivity contribution in [2.75, 3.05) is 0 Å². The fraction of sp³-hybridized carbons (Fsp3) is 0.286. The molecule has 1 aromatic heterocycles. The molecule has 0 spiro atoms. The van der Waals surface area contributed by atoms with Gasteiger partial charge in [-0.2, -0.15) is 13.2 Å². The molecule has 0 unspecified atom stereocenters. The number of hydrogen-bond donors (Lipinski definition) is 0. The number of alkyl halides is 3. The summed E-state index contributed by atoms with van der Waals surface area (Å²) >= 11 is 5.44. The SMILES string of the molecule is FC(F)(F)Cc1ccc(Cl)cn1. The van der Waals surface area contributed by atoms with Gasteiger partial charge in [0.2, 0.25) is 0 Å². The zero-order valence-electron chi connectivity index (χ0n) is 5.90. The molecule has 1 heterocycles. The van der Waals surface area contributed by atoms with Crippen LogP contribution >= 0.6 is 11.6 Å². The maximum absolute atomic E-state index is 11.8. The monoisotopic (exact) mass is 195 g/mol. The van der Waals surface area contributed by atoms with Crippen LogP contribution in [0, 0.1) is 0 Å². The summed E-state index contributed by atoms with van der Waals surface area (Å²) < 4.78 is 35.3. The van der Waals surface area contributed by atoms with E-state index in [9.17, 15) is 13.2 Å². The summed E-state index contributed by atoms with van der Waals surface area (Å²) in [6, 6.07) is 2.64. The second kappa shape index (κ2) is 3.31. The van der Waals surface area contributed by atoms with E-state index in [0.29, 0.717) is 5.02 Å². The van der Waals surface area contributed by atoms with Gasteiger partial charge in [-0.15, -0.1) is 0 Å². The van der Waals surface area contributed by atoms with E-state index in [0.717, 1.165) is 0 Å². The summed E-state index contributed by atoms with van der Waals surface area (Å²) in [5, 5.41) is 0.334. The maximum atomic E-state index is 11.8. The highest BCUT2D eigenvalue weighted by molar-refractivity contribution is 6.30. The van der Waals surface area contributed by atoms with E-state index >= 15 is 0 Å². The molecule has 12 heavy (non-hydrogen) atoms. The largest absolute Gasteiger partial charge is 0.394 e. The molecule has 0 bridgehead atoms. The quantitative estimate of drug-likeness (QED) is 0.672. The van der Waals surface area contributed by atoms with Crippen LogP contribution < -0.4 is 0 Å². The lowest BCUT2D eigenvalue weighted by atomic mass is 10.3. The Kier molecular flexibility index (Phi) is 2.57. The van der Waals surface area contributed by atoms with Crippen LogP contribution in [0.15, 0.2) is 18.3 Å². The molecule has 0 aliphatic heterocycles. The first kappa shape index (κ1) is 9.32. The zero-order valence-corrected chi connectivity index (χ0v) is 6.65. The molecule has 1 nitrogen and oxygen atoms in total. The first-order valence-corrected chi connectivity index (χ1v) is 3.52. The lowest BCUT2D eigenvalue weighted by molar-refractivity contribution is -0.127. The summed E-state index contributed by atoms with van der Waals surface area (Å²) in [4.78, 5) is 3.51. The Hall–Kier alpha value is -0.770. The van der Waals surface area contributed by atoms with Gasteiger partial charge in [0.05, 0.1) is 11.4 Å². The van der Waals surface area contributed by atoms with Crippen molar-refractivity contribution < 1.29 is 13.2 Å². The highest BCUT2D eigenvalue weighted by atomic mass is 35.5. The van der Waals surface area contributed by atoms with Crippen molar-refractivity contribution in [3.63, 3.8) is 0 Å². The van der Waals surface area contributed by atoms with Gasteiger partial charge < -0.3 is 0 Å². The predicted molar refractivity (Wildman–Crippen MR) is 39.0 cm³/mol. The van der Waals surface area contributed by atoms with Gasteiger partial charge in [-0.05, 0) is 12.1 Å². The van der Waals surface area contributed by atoms with Crippen LogP contribution in [0.25, 0.3) is 0 Å². The molecule has 0 saturated heterocycles. The van der Waals surface area contributed by atoms with Crippen molar-refractivity contribution in [1.82, 2.24) is 4.98 Å². The van der Waals surface area contributed by atoms with Crippen LogP contribution in [0.5, 0.6) is 0 Å². The van der Waals surface area contributed by atoms with Crippen molar-refractivity contribution in [3.05, 3.63) is 29.0 Å². The minimum atomic E-state index is -4.21. The van der Waals surface area contributed by atoms with Crippen LogP contribution in [0.4, 0.5) is 13.2 Å². The smallest absolute Gasteiger partial charge is 0.259 e. The Labute approximate surface area is 72.2 Å². The molecule has 66 valence electrons. The number of aromatic nitrogens is 1. The summed E-state index contributed by atoms with van der Waals surface area (Å²) in [5.74, 6) is 0. The lowest BCUT2D eigenvalue weighted by Crippen LogP contribution is -2.12. The van der Waals surface area contributed by atoms with E-state index < -0.39 is 12.6 Å². The van der Waals surface area contributed by atoms with Crippen molar-refractivity contribution in [2.45, 2.75) is 12.6 Å². The highest BCUT2D eigenvalue weighted by Crippen LogP contribution is 2.20. The fourth-order valence-electron chi connectivity index (χ4n) is 0.716. The van der Waals surface area contributed by atoms with E-state index in [1.165, 1.54) is 18.3 Å². The Morgan fingerprint density at radius 2 is 2.00 bits per heavy atom. The van der Waals surface area contributed by atoms with Crippen LogP contribution in [0.1, 0.15) is 5.69 Å². The topological polar surface area (TPSA) is 12.9 Å². The van der Waals surface area contributed by atoms with Crippen LogP contribution in [-0.2, 0) is 6.42 Å². The lowest BCUT2D eigenvalue weighted by Gasteiger charge is -2.04. The molecule has 0 atom stereocenters. The van der Waals surface area contributed by atoms with Crippen LogP contribution in [-0.4, -0.2) is 11.2 Å². The average Bonchev–Trinajstić information content (AvgIpc) is 1.91. The molecule has 0 saturated carbocycles. The first-order valence-electron chi connectivity index (χ1n) is 3.14. The molecule has 0 fully saturated rings. The Morgan fingerprint density at radius 1 is 1.33 bits per heavy atom. The minimum Gasteiger partial charge on any atom is -0.259 e. The van der Waals surface area contributed by atoms with Crippen molar-refractivity contribution in [2.24, 2.45) is 0 Å². The van der Waals surface area contributed by atoms with Crippen molar-refractivity contribution >= 4 is 11.6 Å². The van der Waals surface area contributed by atoms with Gasteiger partial charge in [0.15, 0.2) is 0 Å². The molecule has 0 N–H and O–H groups in total. The molecule has 0 aliphatic carbocycles. The van der Waals surface area contributed by atoms with Gasteiger partial charge in [-0.3, -0.25) is 4.98 Å². The second-order valence-corrected chi connectivity index (χ2v) is 2.70. The summed E-state index contributed by atoms with van der Waals surface area (Å²) in [7, 11) is 0. The third kappa shape index (κ3) is 3.09. The van der Waals surface area contributed by atoms with Crippen LogP contribution in [0.3, 0.4) is 0 Å². The Balaban J connectivity index is 2.71. The minimum absolute atomic E-state index is 0.0214. The van der Waals surface area contributed by atoms with E-state index in [-0.39, 0.29) is 5.69 Å². The van der Waals surface area contributed by atoms with E-state index in [1.54, 1.807) is 0 Å². The molecule has 0 aromatic carbocycles. The summed E-state index contributed by atoms with van der Waals surface area (Å²) in [6.45, 7) is 0. The average molecular weight is 196 g/mol. The van der Waals surface area contributed by atoms with Gasteiger partial charge in [0.25, 0.3) is 0 Å². The predicted octanol–water partition coefficient (Wildman–Crippen LogP) is 2.84. The second-order valence-electron chi connectivity index (χ2n) is 2.26. The van der Waals surface area contributed by atoms with E-state index in [1.807, 2.05) is 0 Å². The molecule has 5 heteroatoms. The Bertz CT molecular complexity index is 254. The van der Waals surface area contributed by atoms with Crippen LogP contribution in [0.2, 0.25) is 5.02 Å². The van der Waals surface area contributed by atoms with Gasteiger partial charge in [0.1, 0.15) is 0 Å². The van der Waals surface area contributed by atoms with Gasteiger partial charge in [-0.25, -0.2) is 0 Å². The zero-order chi connectivity index (χ0) is 9.19. The van der Waals surface area contributed by atoms with Crippen molar-refractivity contribution in [1.29, 1.82) is 0 Å². The molecule has 0 amide bonds. The van der Waals surface area contributed by atoms with Gasteiger partial charge in [-0.1, -0.05) is 11.6 Å². The summed E-state index contributed by atoms with van der Waals surface area (Å²) in [5.41, 5.74) is -0.0214. The number of halogens is 4. The molecule has 1 rings (SSSR count). The number of pyridine rings is 1. The molecule has 1 aromatic rings. The standard InChI is InChI=1S/C7H5ClF3N/c8-5-1-2-6(12-4-5)3-7(9,10)11/h1-2,4H,3H2. The van der Waals surface area contributed by atoms with E-state index in [4.69, 9.17) is 11.6 Å². The third-order valence-corrected chi connectivity index (χ3v) is 1.39. The number of hydrogen-bond acceptors (Lipinski definition) is 1. The number of nitrogens with zero attached hydrogens (tertiary/aromatic N) is 1. The third-order valence-electron chi connectivity index (χ3n) is 1.17. The summed E-state index contributed by atoms with van der Waals surface area (Å²) in [6.07, 6.45) is -4.02. The maximum Gasteiger partial charge on any atom is 0.394 e. The molecular weight excluding hydrogens is 191 g/mol. The van der Waals surface area contributed by atoms with Gasteiger partial charge >= 0.3 is 6.18 Å². The normalized spacial score (nSPS) is 11.7.